The maximum absolute atomic E-state index is 12.7. The fourth-order valence-corrected chi connectivity index (χ4v) is 3.59. The van der Waals surface area contributed by atoms with Crippen molar-refractivity contribution in [3.63, 3.8) is 0 Å². The molecule has 1 atom stereocenters. The van der Waals surface area contributed by atoms with Gasteiger partial charge in [0, 0.05) is 0 Å². The van der Waals surface area contributed by atoms with Crippen LogP contribution in [0, 0.1) is 0 Å². The van der Waals surface area contributed by atoms with Crippen LogP contribution in [0.25, 0.3) is 0 Å². The number of nitrogens with one attached hydrogen (secondary N) is 2. The highest BCUT2D eigenvalue weighted by atomic mass is 16.5. The quantitative estimate of drug-likeness (QED) is 0.344. The maximum atomic E-state index is 12.7. The van der Waals surface area contributed by atoms with Crippen LogP contribution in [0.3, 0.4) is 0 Å². The zero-order chi connectivity index (χ0) is 24.5. The zero-order valence-electron chi connectivity index (χ0n) is 18.8. The first-order valence-electron chi connectivity index (χ1n) is 11.1. The van der Waals surface area contributed by atoms with E-state index in [4.69, 9.17) is 9.15 Å². The number of hydrogen-bond donors (Lipinski definition) is 2. The molecule has 7 heteroatoms. The van der Waals surface area contributed by atoms with E-state index >= 15 is 0 Å². The molecule has 0 fully saturated rings. The standard InChI is InChI=1S/C28H24N2O5/c31-26(29-24(21-12-5-2-6-13-21)18-20-10-3-1-4-11-20)19-35-28(33)22-14-7-8-15-23(22)30-27(32)25-16-9-17-34-25/h1-17,24H,18-19H2,(H,29,31)(H,30,32)/t24-/m0/s1. The van der Waals surface area contributed by atoms with Crippen molar-refractivity contribution in [3.8, 4) is 0 Å². The summed E-state index contributed by atoms with van der Waals surface area (Å²) < 4.78 is 10.3. The van der Waals surface area contributed by atoms with Crippen molar-refractivity contribution in [2.24, 2.45) is 0 Å². The van der Waals surface area contributed by atoms with Crippen LogP contribution >= 0.6 is 0 Å². The van der Waals surface area contributed by atoms with Crippen LogP contribution < -0.4 is 10.6 Å². The minimum absolute atomic E-state index is 0.109. The second-order valence-electron chi connectivity index (χ2n) is 7.77. The molecule has 0 aliphatic heterocycles. The molecule has 2 N–H and O–H groups in total. The number of hydrogen-bond acceptors (Lipinski definition) is 5. The lowest BCUT2D eigenvalue weighted by Gasteiger charge is -2.19. The molecule has 1 aromatic heterocycles. The number of carbonyl (C=O) groups excluding carboxylic acids is 3. The van der Waals surface area contributed by atoms with Crippen molar-refractivity contribution in [2.75, 3.05) is 11.9 Å². The van der Waals surface area contributed by atoms with Gasteiger partial charge in [-0.3, -0.25) is 9.59 Å². The van der Waals surface area contributed by atoms with Gasteiger partial charge in [0.25, 0.3) is 11.8 Å². The Balaban J connectivity index is 1.39. The molecule has 176 valence electrons. The van der Waals surface area contributed by atoms with Crippen LogP contribution in [-0.2, 0) is 16.0 Å². The Morgan fingerprint density at radius 1 is 0.800 bits per heavy atom. The van der Waals surface area contributed by atoms with Gasteiger partial charge in [-0.15, -0.1) is 0 Å². The highest BCUT2D eigenvalue weighted by Crippen LogP contribution is 2.20. The Kier molecular flexibility index (Phi) is 7.70. The molecule has 0 unspecified atom stereocenters. The topological polar surface area (TPSA) is 97.6 Å². The van der Waals surface area contributed by atoms with E-state index in [1.807, 2.05) is 60.7 Å². The van der Waals surface area contributed by atoms with Gasteiger partial charge >= 0.3 is 5.97 Å². The number of esters is 1. The summed E-state index contributed by atoms with van der Waals surface area (Å²) in [4.78, 5) is 37.7. The maximum Gasteiger partial charge on any atom is 0.340 e. The van der Waals surface area contributed by atoms with Gasteiger partial charge < -0.3 is 19.8 Å². The number of anilines is 1. The van der Waals surface area contributed by atoms with Crippen molar-refractivity contribution in [3.05, 3.63) is 126 Å². The Bertz CT molecular complexity index is 1270. The summed E-state index contributed by atoms with van der Waals surface area (Å²) in [6.45, 7) is -0.461. The zero-order valence-corrected chi connectivity index (χ0v) is 18.8. The van der Waals surface area contributed by atoms with E-state index in [2.05, 4.69) is 10.6 Å². The van der Waals surface area contributed by atoms with E-state index in [0.717, 1.165) is 11.1 Å². The molecule has 3 aromatic carbocycles. The molecule has 0 spiro atoms. The lowest BCUT2D eigenvalue weighted by atomic mass is 9.99. The summed E-state index contributed by atoms with van der Waals surface area (Å²) in [5.41, 5.74) is 2.40. The number of furan rings is 1. The fourth-order valence-electron chi connectivity index (χ4n) is 3.59. The second-order valence-corrected chi connectivity index (χ2v) is 7.77. The molecule has 4 aromatic rings. The molecule has 35 heavy (non-hydrogen) atoms. The highest BCUT2D eigenvalue weighted by molar-refractivity contribution is 6.06. The van der Waals surface area contributed by atoms with Gasteiger partial charge in [0.15, 0.2) is 12.4 Å². The minimum atomic E-state index is -0.727. The van der Waals surface area contributed by atoms with Gasteiger partial charge in [0.1, 0.15) is 0 Å². The molecule has 0 aliphatic carbocycles. The van der Waals surface area contributed by atoms with Crippen LogP contribution in [-0.4, -0.2) is 24.4 Å². The Morgan fingerprint density at radius 3 is 2.20 bits per heavy atom. The monoisotopic (exact) mass is 468 g/mol. The van der Waals surface area contributed by atoms with E-state index in [0.29, 0.717) is 6.42 Å². The van der Waals surface area contributed by atoms with E-state index in [9.17, 15) is 14.4 Å². The third-order valence-electron chi connectivity index (χ3n) is 5.29. The number of ether oxygens (including phenoxy) is 1. The Morgan fingerprint density at radius 2 is 1.49 bits per heavy atom. The number of benzene rings is 3. The summed E-state index contributed by atoms with van der Waals surface area (Å²) in [5, 5.41) is 5.58. The summed E-state index contributed by atoms with van der Waals surface area (Å²) in [6.07, 6.45) is 1.97. The molecule has 1 heterocycles. The second kappa shape index (κ2) is 11.5. The predicted molar refractivity (Wildman–Crippen MR) is 131 cm³/mol. The predicted octanol–water partition coefficient (Wildman–Crippen LogP) is 4.79. The summed E-state index contributed by atoms with van der Waals surface area (Å²) >= 11 is 0. The van der Waals surface area contributed by atoms with Crippen molar-refractivity contribution in [1.29, 1.82) is 0 Å². The van der Waals surface area contributed by atoms with Crippen LogP contribution in [0.15, 0.2) is 108 Å². The first-order valence-corrected chi connectivity index (χ1v) is 11.1. The third-order valence-corrected chi connectivity index (χ3v) is 5.29. The minimum Gasteiger partial charge on any atom is -0.459 e. The molecule has 0 saturated heterocycles. The smallest absolute Gasteiger partial charge is 0.340 e. The first-order chi connectivity index (χ1) is 17.1. The van der Waals surface area contributed by atoms with Crippen molar-refractivity contribution in [1.82, 2.24) is 5.32 Å². The fraction of sp³-hybridized carbons (Fsp3) is 0.107. The number of carbonyl (C=O) groups is 3. The Labute approximate surface area is 202 Å². The average molecular weight is 469 g/mol. The van der Waals surface area contributed by atoms with Crippen molar-refractivity contribution >= 4 is 23.5 Å². The molecule has 0 saturated carbocycles. The number of rotatable bonds is 9. The van der Waals surface area contributed by atoms with Crippen LogP contribution in [0.4, 0.5) is 5.69 Å². The first kappa shape index (κ1) is 23.5. The van der Waals surface area contributed by atoms with Gasteiger partial charge in [0.05, 0.1) is 23.6 Å². The molecule has 0 radical (unpaired) electrons. The van der Waals surface area contributed by atoms with Gasteiger partial charge in [-0.1, -0.05) is 72.8 Å². The molecular weight excluding hydrogens is 444 g/mol. The van der Waals surface area contributed by atoms with E-state index in [-0.39, 0.29) is 23.1 Å². The van der Waals surface area contributed by atoms with E-state index < -0.39 is 24.4 Å². The van der Waals surface area contributed by atoms with E-state index in [1.54, 1.807) is 24.3 Å². The molecule has 0 aliphatic rings. The van der Waals surface area contributed by atoms with Gasteiger partial charge in [0.2, 0.25) is 0 Å². The van der Waals surface area contributed by atoms with Gasteiger partial charge in [-0.25, -0.2) is 4.79 Å². The highest BCUT2D eigenvalue weighted by Gasteiger charge is 2.19. The SMILES string of the molecule is O=C(COC(=O)c1ccccc1NC(=O)c1ccco1)N[C@@H](Cc1ccccc1)c1ccccc1. The lowest BCUT2D eigenvalue weighted by Crippen LogP contribution is -2.33. The van der Waals surface area contributed by atoms with Gasteiger partial charge in [-0.05, 0) is 41.8 Å². The number of para-hydroxylation sites is 1. The third kappa shape index (κ3) is 6.45. The van der Waals surface area contributed by atoms with Crippen molar-refractivity contribution in [2.45, 2.75) is 12.5 Å². The molecule has 7 nitrogen and oxygen atoms in total. The van der Waals surface area contributed by atoms with Crippen LogP contribution in [0.1, 0.15) is 38.1 Å². The largest absolute Gasteiger partial charge is 0.459 e. The molecule has 2 amide bonds. The Hall–Kier alpha value is -4.65. The normalized spacial score (nSPS) is 11.3. The molecular formula is C28H24N2O5. The molecule has 0 bridgehead atoms. The lowest BCUT2D eigenvalue weighted by molar-refractivity contribution is -0.125. The van der Waals surface area contributed by atoms with E-state index in [1.165, 1.54) is 18.4 Å². The van der Waals surface area contributed by atoms with Gasteiger partial charge in [-0.2, -0.15) is 0 Å². The summed E-state index contributed by atoms with van der Waals surface area (Å²) in [5.74, 6) is -1.55. The summed E-state index contributed by atoms with van der Waals surface area (Å²) in [7, 11) is 0. The van der Waals surface area contributed by atoms with Crippen molar-refractivity contribution < 1.29 is 23.5 Å². The summed E-state index contributed by atoms with van der Waals surface area (Å²) in [6, 6.07) is 28.7. The average Bonchev–Trinajstić information content (AvgIpc) is 3.44. The van der Waals surface area contributed by atoms with Crippen LogP contribution in [0.5, 0.6) is 0 Å². The number of amides is 2. The van der Waals surface area contributed by atoms with Crippen LogP contribution in [0.2, 0.25) is 0 Å². The molecule has 4 rings (SSSR count).